The van der Waals surface area contributed by atoms with Crippen molar-refractivity contribution in [3.05, 3.63) is 42.2 Å². The van der Waals surface area contributed by atoms with Crippen LogP contribution in [-0.4, -0.2) is 21.6 Å². The van der Waals surface area contributed by atoms with E-state index in [0.29, 0.717) is 5.16 Å². The van der Waals surface area contributed by atoms with Gasteiger partial charge in [0.1, 0.15) is 5.40 Å². The van der Waals surface area contributed by atoms with Gasteiger partial charge in [-0.05, 0) is 48.5 Å². The van der Waals surface area contributed by atoms with E-state index in [9.17, 15) is 4.79 Å². The Hall–Kier alpha value is -2.04. The van der Waals surface area contributed by atoms with Crippen molar-refractivity contribution in [1.29, 1.82) is 5.26 Å². The van der Waals surface area contributed by atoms with Crippen molar-refractivity contribution in [3.63, 3.8) is 0 Å². The minimum Gasteiger partial charge on any atom is -0.325 e. The summed E-state index contributed by atoms with van der Waals surface area (Å²) in [6.07, 6.45) is 3.28. The summed E-state index contributed by atoms with van der Waals surface area (Å²) in [4.78, 5) is 20.9. The standard InChI is InChI=1S/C14H12N4OS2/c1-10-7-11(21-9-15)3-4-12(10)18-13(19)8-20-14-16-5-2-6-17-14/h2-7H,8H2,1H3,(H,18,19). The Balaban J connectivity index is 1.92. The molecule has 7 heteroatoms. The van der Waals surface area contributed by atoms with Crippen LogP contribution >= 0.6 is 23.5 Å². The number of anilines is 1. The molecule has 0 fully saturated rings. The van der Waals surface area contributed by atoms with Crippen LogP contribution in [0.15, 0.2) is 46.7 Å². The molecule has 0 unspecified atom stereocenters. The summed E-state index contributed by atoms with van der Waals surface area (Å²) in [7, 11) is 0. The maximum absolute atomic E-state index is 11.9. The molecule has 1 N–H and O–H groups in total. The second-order valence-electron chi connectivity index (χ2n) is 4.04. The average Bonchev–Trinajstić information content (AvgIpc) is 2.49. The Morgan fingerprint density at radius 2 is 2.14 bits per heavy atom. The molecule has 1 heterocycles. The fraction of sp³-hybridized carbons (Fsp3) is 0.143. The SMILES string of the molecule is Cc1cc(SC#N)ccc1NC(=O)CSc1ncccn1. The van der Waals surface area contributed by atoms with Gasteiger partial charge in [-0.2, -0.15) is 5.26 Å². The van der Waals surface area contributed by atoms with Gasteiger partial charge in [-0.3, -0.25) is 4.79 Å². The number of nitriles is 1. The van der Waals surface area contributed by atoms with Crippen molar-refractivity contribution in [2.75, 3.05) is 11.1 Å². The molecule has 5 nitrogen and oxygen atoms in total. The van der Waals surface area contributed by atoms with E-state index in [4.69, 9.17) is 5.26 Å². The van der Waals surface area contributed by atoms with Gasteiger partial charge in [0.05, 0.1) is 5.75 Å². The molecule has 0 aliphatic rings. The molecule has 1 amide bonds. The van der Waals surface area contributed by atoms with Crippen LogP contribution in [0.5, 0.6) is 0 Å². The maximum Gasteiger partial charge on any atom is 0.234 e. The maximum atomic E-state index is 11.9. The summed E-state index contributed by atoms with van der Waals surface area (Å²) in [6, 6.07) is 7.21. The van der Waals surface area contributed by atoms with Crippen LogP contribution in [0, 0.1) is 17.6 Å². The van der Waals surface area contributed by atoms with Gasteiger partial charge in [0.2, 0.25) is 5.91 Å². The summed E-state index contributed by atoms with van der Waals surface area (Å²) < 4.78 is 0. The van der Waals surface area contributed by atoms with E-state index < -0.39 is 0 Å². The highest BCUT2D eigenvalue weighted by molar-refractivity contribution is 8.03. The summed E-state index contributed by atoms with van der Waals surface area (Å²) >= 11 is 2.38. The lowest BCUT2D eigenvalue weighted by atomic mass is 10.2. The first-order chi connectivity index (χ1) is 10.2. The molecule has 106 valence electrons. The topological polar surface area (TPSA) is 78.7 Å². The molecule has 21 heavy (non-hydrogen) atoms. The highest BCUT2D eigenvalue weighted by atomic mass is 32.2. The molecule has 0 atom stereocenters. The van der Waals surface area contributed by atoms with E-state index in [1.54, 1.807) is 24.5 Å². The zero-order valence-electron chi connectivity index (χ0n) is 11.2. The molecule has 0 bridgehead atoms. The van der Waals surface area contributed by atoms with Crippen molar-refractivity contribution in [2.45, 2.75) is 17.0 Å². The lowest BCUT2D eigenvalue weighted by Crippen LogP contribution is -2.15. The lowest BCUT2D eigenvalue weighted by molar-refractivity contribution is -0.113. The van der Waals surface area contributed by atoms with Gasteiger partial charge >= 0.3 is 0 Å². The van der Waals surface area contributed by atoms with Crippen LogP contribution in [0.4, 0.5) is 5.69 Å². The number of aromatic nitrogens is 2. The van der Waals surface area contributed by atoms with Crippen molar-refractivity contribution in [1.82, 2.24) is 9.97 Å². The van der Waals surface area contributed by atoms with E-state index in [1.807, 2.05) is 24.5 Å². The third kappa shape index (κ3) is 4.77. The number of hydrogen-bond donors (Lipinski definition) is 1. The number of thiocyanates is 1. The molecular weight excluding hydrogens is 304 g/mol. The number of amides is 1. The Kier molecular flexibility index (Phi) is 5.60. The van der Waals surface area contributed by atoms with E-state index in [2.05, 4.69) is 15.3 Å². The quantitative estimate of drug-likeness (QED) is 0.519. The zero-order valence-corrected chi connectivity index (χ0v) is 12.9. The van der Waals surface area contributed by atoms with Crippen molar-refractivity contribution in [2.24, 2.45) is 0 Å². The van der Waals surface area contributed by atoms with Crippen LogP contribution in [0.25, 0.3) is 0 Å². The van der Waals surface area contributed by atoms with Crippen molar-refractivity contribution >= 4 is 35.1 Å². The van der Waals surface area contributed by atoms with Gasteiger partial charge in [0.15, 0.2) is 5.16 Å². The van der Waals surface area contributed by atoms with Crippen LogP contribution in [0.3, 0.4) is 0 Å². The number of hydrogen-bond acceptors (Lipinski definition) is 6. The Morgan fingerprint density at radius 3 is 2.81 bits per heavy atom. The van der Waals surface area contributed by atoms with E-state index >= 15 is 0 Å². The molecule has 2 aromatic rings. The molecule has 0 radical (unpaired) electrons. The number of rotatable bonds is 5. The molecular formula is C14H12N4OS2. The molecule has 0 aliphatic carbocycles. The lowest BCUT2D eigenvalue weighted by Gasteiger charge is -2.08. The first-order valence-corrected chi connectivity index (χ1v) is 7.85. The number of nitrogens with zero attached hydrogens (tertiary/aromatic N) is 3. The normalized spacial score (nSPS) is 9.90. The van der Waals surface area contributed by atoms with E-state index in [-0.39, 0.29) is 11.7 Å². The highest BCUT2D eigenvalue weighted by Crippen LogP contribution is 2.23. The van der Waals surface area contributed by atoms with Gasteiger partial charge in [-0.25, -0.2) is 9.97 Å². The molecule has 0 spiro atoms. The summed E-state index contributed by atoms with van der Waals surface area (Å²) in [5.74, 6) is 0.134. The number of carbonyl (C=O) groups is 1. The van der Waals surface area contributed by atoms with E-state index in [0.717, 1.165) is 27.9 Å². The average molecular weight is 316 g/mol. The predicted octanol–water partition coefficient (Wildman–Crippen LogP) is 3.09. The number of thioether (sulfide) groups is 2. The highest BCUT2D eigenvalue weighted by Gasteiger charge is 2.07. The van der Waals surface area contributed by atoms with E-state index in [1.165, 1.54) is 11.8 Å². The van der Waals surface area contributed by atoms with Crippen LogP contribution in [-0.2, 0) is 4.79 Å². The van der Waals surface area contributed by atoms with Gasteiger partial charge in [-0.1, -0.05) is 11.8 Å². The monoisotopic (exact) mass is 316 g/mol. The van der Waals surface area contributed by atoms with Crippen LogP contribution < -0.4 is 5.32 Å². The largest absolute Gasteiger partial charge is 0.325 e. The second kappa shape index (κ2) is 7.67. The number of benzene rings is 1. The minimum absolute atomic E-state index is 0.115. The Bertz CT molecular complexity index is 670. The number of nitrogens with one attached hydrogen (secondary N) is 1. The Morgan fingerprint density at radius 1 is 1.38 bits per heavy atom. The molecule has 0 saturated heterocycles. The number of aryl methyl sites for hydroxylation is 1. The van der Waals surface area contributed by atoms with Crippen LogP contribution in [0.2, 0.25) is 0 Å². The summed E-state index contributed by atoms with van der Waals surface area (Å²) in [5, 5.41) is 14.1. The smallest absolute Gasteiger partial charge is 0.234 e. The molecule has 1 aromatic carbocycles. The molecule has 0 aliphatic heterocycles. The van der Waals surface area contributed by atoms with Crippen molar-refractivity contribution < 1.29 is 4.79 Å². The summed E-state index contributed by atoms with van der Waals surface area (Å²) in [6.45, 7) is 1.89. The summed E-state index contributed by atoms with van der Waals surface area (Å²) in [5.41, 5.74) is 1.67. The third-order valence-corrected chi connectivity index (χ3v) is 3.97. The Labute approximate surface area is 131 Å². The van der Waals surface area contributed by atoms with Crippen LogP contribution in [0.1, 0.15) is 5.56 Å². The third-order valence-electron chi connectivity index (χ3n) is 2.51. The van der Waals surface area contributed by atoms with Gasteiger partial charge < -0.3 is 5.32 Å². The first kappa shape index (κ1) is 15.4. The first-order valence-electron chi connectivity index (χ1n) is 6.05. The van der Waals surface area contributed by atoms with Gasteiger partial charge in [-0.15, -0.1) is 0 Å². The van der Waals surface area contributed by atoms with Crippen molar-refractivity contribution in [3.8, 4) is 5.40 Å². The number of carbonyl (C=O) groups excluding carboxylic acids is 1. The molecule has 2 rings (SSSR count). The molecule has 1 aromatic heterocycles. The van der Waals surface area contributed by atoms with Gasteiger partial charge in [0.25, 0.3) is 0 Å². The second-order valence-corrected chi connectivity index (χ2v) is 5.84. The zero-order chi connectivity index (χ0) is 15.1. The minimum atomic E-state index is -0.115. The van der Waals surface area contributed by atoms with Gasteiger partial charge in [0, 0.05) is 23.0 Å². The fourth-order valence-corrected chi connectivity index (χ4v) is 2.65. The molecule has 0 saturated carbocycles. The fourth-order valence-electron chi connectivity index (χ4n) is 1.57. The predicted molar refractivity (Wildman–Crippen MR) is 84.0 cm³/mol.